The number of hydrogen-bond acceptors (Lipinski definition) is 6. The van der Waals surface area contributed by atoms with Crippen LogP contribution in [0.25, 0.3) is 0 Å². The van der Waals surface area contributed by atoms with Crippen LogP contribution in [0.15, 0.2) is 39.5 Å². The van der Waals surface area contributed by atoms with E-state index in [1.54, 1.807) is 21.8 Å². The van der Waals surface area contributed by atoms with Gasteiger partial charge >= 0.3 is 0 Å². The van der Waals surface area contributed by atoms with E-state index >= 15 is 0 Å². The molecule has 0 saturated carbocycles. The minimum atomic E-state index is -0.192. The van der Waals surface area contributed by atoms with E-state index in [-0.39, 0.29) is 17.9 Å². The number of nitrogens with zero attached hydrogens (tertiary/aromatic N) is 5. The first-order valence-corrected chi connectivity index (χ1v) is 8.82. The molecule has 0 spiro atoms. The molecule has 136 valence electrons. The van der Waals surface area contributed by atoms with E-state index in [9.17, 15) is 4.79 Å². The summed E-state index contributed by atoms with van der Waals surface area (Å²) in [7, 11) is 0. The van der Waals surface area contributed by atoms with Crippen molar-refractivity contribution in [1.29, 1.82) is 0 Å². The third-order valence-corrected chi connectivity index (χ3v) is 4.52. The minimum absolute atomic E-state index is 0.150. The van der Waals surface area contributed by atoms with Crippen LogP contribution in [0.2, 0.25) is 0 Å². The lowest BCUT2D eigenvalue weighted by molar-refractivity contribution is 0.0675. The van der Waals surface area contributed by atoms with Crippen molar-refractivity contribution in [3.8, 4) is 0 Å². The van der Waals surface area contributed by atoms with E-state index in [0.29, 0.717) is 36.3 Å². The molecule has 4 heterocycles. The first-order chi connectivity index (χ1) is 12.6. The molecule has 0 radical (unpaired) electrons. The molecule has 0 bridgehead atoms. The fourth-order valence-corrected chi connectivity index (χ4v) is 3.16. The quantitative estimate of drug-likeness (QED) is 0.699. The van der Waals surface area contributed by atoms with E-state index in [1.807, 2.05) is 32.2 Å². The average Bonchev–Trinajstić information content (AvgIpc) is 3.40. The summed E-state index contributed by atoms with van der Waals surface area (Å²) in [4.78, 5) is 19.1. The van der Waals surface area contributed by atoms with Gasteiger partial charge in [-0.2, -0.15) is 10.1 Å². The van der Waals surface area contributed by atoms with Gasteiger partial charge in [-0.1, -0.05) is 19.0 Å². The van der Waals surface area contributed by atoms with Crippen LogP contribution < -0.4 is 0 Å². The number of carbonyl (C=O) groups is 1. The van der Waals surface area contributed by atoms with Gasteiger partial charge in [0.25, 0.3) is 5.91 Å². The molecule has 4 rings (SSSR count). The number of likely N-dealkylation sites (tertiary alicyclic amines) is 1. The third-order valence-electron chi connectivity index (χ3n) is 4.52. The second-order valence-corrected chi connectivity index (χ2v) is 6.77. The Hall–Kier alpha value is -2.90. The largest absolute Gasteiger partial charge is 0.454 e. The molecule has 1 atom stereocenters. The van der Waals surface area contributed by atoms with Crippen LogP contribution in [0, 0.1) is 0 Å². The van der Waals surface area contributed by atoms with E-state index < -0.39 is 0 Å². The average molecular weight is 355 g/mol. The monoisotopic (exact) mass is 355 g/mol. The second-order valence-electron chi connectivity index (χ2n) is 6.77. The van der Waals surface area contributed by atoms with E-state index in [0.717, 1.165) is 12.8 Å². The van der Waals surface area contributed by atoms with Crippen LogP contribution in [0.4, 0.5) is 0 Å². The Labute approximate surface area is 150 Å². The van der Waals surface area contributed by atoms with Gasteiger partial charge in [-0.25, -0.2) is 0 Å². The second kappa shape index (κ2) is 6.78. The number of furan rings is 1. The Morgan fingerprint density at radius 3 is 3.00 bits per heavy atom. The van der Waals surface area contributed by atoms with Crippen molar-refractivity contribution >= 4 is 5.91 Å². The maximum atomic E-state index is 12.9. The fraction of sp³-hybridized carbons (Fsp3) is 0.444. The Bertz CT molecular complexity index is 880. The van der Waals surface area contributed by atoms with Crippen molar-refractivity contribution in [3.63, 3.8) is 0 Å². The van der Waals surface area contributed by atoms with Gasteiger partial charge in [0, 0.05) is 24.9 Å². The van der Waals surface area contributed by atoms with Gasteiger partial charge in [-0.05, 0) is 31.0 Å². The summed E-state index contributed by atoms with van der Waals surface area (Å²) in [6.07, 6.45) is 5.27. The van der Waals surface area contributed by atoms with Gasteiger partial charge < -0.3 is 13.8 Å². The first kappa shape index (κ1) is 16.6. The highest BCUT2D eigenvalue weighted by atomic mass is 16.5. The molecule has 0 aromatic carbocycles. The van der Waals surface area contributed by atoms with Gasteiger partial charge in [0.15, 0.2) is 11.6 Å². The van der Waals surface area contributed by atoms with Crippen molar-refractivity contribution in [2.45, 2.75) is 45.2 Å². The molecular formula is C18H21N5O3. The summed E-state index contributed by atoms with van der Waals surface area (Å²) in [5, 5.41) is 8.16. The maximum absolute atomic E-state index is 12.9. The van der Waals surface area contributed by atoms with Gasteiger partial charge in [-0.3, -0.25) is 9.48 Å². The maximum Gasteiger partial charge on any atom is 0.290 e. The molecule has 8 nitrogen and oxygen atoms in total. The standard InChI is InChI=1S/C18H21N5O3/c1-12(2)16-20-17(26-21-16)14-5-3-10-23(14)18(24)15-7-6-13(25-15)11-22-9-4-8-19-22/h4,6-9,12,14H,3,5,10-11H2,1-2H3/t14-/m0/s1. The van der Waals surface area contributed by atoms with Crippen molar-refractivity contribution in [2.24, 2.45) is 0 Å². The van der Waals surface area contributed by atoms with Crippen LogP contribution in [0.3, 0.4) is 0 Å². The summed E-state index contributed by atoms with van der Waals surface area (Å²) in [6, 6.07) is 5.18. The van der Waals surface area contributed by atoms with Crippen LogP contribution >= 0.6 is 0 Å². The molecule has 1 amide bonds. The Balaban J connectivity index is 1.50. The molecule has 3 aromatic rings. The highest BCUT2D eigenvalue weighted by Gasteiger charge is 2.35. The van der Waals surface area contributed by atoms with Gasteiger partial charge in [0.05, 0.1) is 6.54 Å². The van der Waals surface area contributed by atoms with Crippen LogP contribution in [0.1, 0.15) is 66.7 Å². The van der Waals surface area contributed by atoms with Crippen LogP contribution in [-0.4, -0.2) is 37.3 Å². The number of rotatable bonds is 5. The predicted molar refractivity (Wildman–Crippen MR) is 91.4 cm³/mol. The molecule has 8 heteroatoms. The third kappa shape index (κ3) is 3.14. The molecule has 1 saturated heterocycles. The van der Waals surface area contributed by atoms with Crippen molar-refractivity contribution in [2.75, 3.05) is 6.54 Å². The van der Waals surface area contributed by atoms with E-state index in [2.05, 4.69) is 15.2 Å². The summed E-state index contributed by atoms with van der Waals surface area (Å²) in [6.45, 7) is 5.16. The number of hydrogen-bond donors (Lipinski definition) is 0. The van der Waals surface area contributed by atoms with Crippen molar-refractivity contribution < 1.29 is 13.7 Å². The number of aromatic nitrogens is 4. The number of amides is 1. The first-order valence-electron chi connectivity index (χ1n) is 8.82. The van der Waals surface area contributed by atoms with Gasteiger partial charge in [-0.15, -0.1) is 0 Å². The highest BCUT2D eigenvalue weighted by molar-refractivity contribution is 5.92. The Kier molecular flexibility index (Phi) is 4.32. The molecule has 3 aromatic heterocycles. The summed E-state index contributed by atoms with van der Waals surface area (Å²) < 4.78 is 12.9. The lowest BCUT2D eigenvalue weighted by Gasteiger charge is -2.20. The lowest BCUT2D eigenvalue weighted by Crippen LogP contribution is -2.30. The Morgan fingerprint density at radius 2 is 2.27 bits per heavy atom. The molecule has 0 aliphatic carbocycles. The molecule has 1 aliphatic heterocycles. The van der Waals surface area contributed by atoms with Gasteiger partial charge in [0.2, 0.25) is 5.89 Å². The zero-order chi connectivity index (χ0) is 18.1. The molecule has 0 N–H and O–H groups in total. The topological polar surface area (TPSA) is 90.2 Å². The minimum Gasteiger partial charge on any atom is -0.454 e. The van der Waals surface area contributed by atoms with Crippen molar-refractivity contribution in [3.05, 3.63) is 53.8 Å². The SMILES string of the molecule is CC(C)c1noc([C@@H]2CCCN2C(=O)c2ccc(Cn3cccn3)o2)n1. The molecule has 26 heavy (non-hydrogen) atoms. The van der Waals surface area contributed by atoms with Crippen LogP contribution in [-0.2, 0) is 6.54 Å². The highest BCUT2D eigenvalue weighted by Crippen LogP contribution is 2.33. The summed E-state index contributed by atoms with van der Waals surface area (Å²) in [5.74, 6) is 2.22. The van der Waals surface area contributed by atoms with Gasteiger partial charge in [0.1, 0.15) is 11.8 Å². The molecule has 1 fully saturated rings. The molecule has 0 unspecified atom stereocenters. The smallest absolute Gasteiger partial charge is 0.290 e. The number of carbonyl (C=O) groups excluding carboxylic acids is 1. The molecule has 1 aliphatic rings. The predicted octanol–water partition coefficient (Wildman–Crippen LogP) is 3.01. The zero-order valence-electron chi connectivity index (χ0n) is 14.8. The van der Waals surface area contributed by atoms with Crippen LogP contribution in [0.5, 0.6) is 0 Å². The zero-order valence-corrected chi connectivity index (χ0v) is 14.8. The lowest BCUT2D eigenvalue weighted by atomic mass is 10.2. The summed E-state index contributed by atoms with van der Waals surface area (Å²) in [5.41, 5.74) is 0. The van der Waals surface area contributed by atoms with E-state index in [4.69, 9.17) is 8.94 Å². The fourth-order valence-electron chi connectivity index (χ4n) is 3.16. The molecular weight excluding hydrogens is 334 g/mol. The van der Waals surface area contributed by atoms with Crippen molar-refractivity contribution in [1.82, 2.24) is 24.8 Å². The Morgan fingerprint density at radius 1 is 1.38 bits per heavy atom. The summed E-state index contributed by atoms with van der Waals surface area (Å²) >= 11 is 0. The van der Waals surface area contributed by atoms with E-state index in [1.165, 1.54) is 0 Å². The normalized spacial score (nSPS) is 17.3.